The summed E-state index contributed by atoms with van der Waals surface area (Å²) in [7, 11) is 1.36. The van der Waals surface area contributed by atoms with E-state index in [4.69, 9.17) is 4.74 Å². The highest BCUT2D eigenvalue weighted by Gasteiger charge is 2.38. The quantitative estimate of drug-likeness (QED) is 0.424. The van der Waals surface area contributed by atoms with Crippen molar-refractivity contribution >= 4 is 17.1 Å². The van der Waals surface area contributed by atoms with Crippen LogP contribution in [0, 0.1) is 28.4 Å². The van der Waals surface area contributed by atoms with Gasteiger partial charge in [0.1, 0.15) is 17.2 Å². The lowest BCUT2D eigenvalue weighted by Crippen LogP contribution is -2.23. The maximum atomic E-state index is 13.1. The molecule has 0 amide bonds. The monoisotopic (exact) mass is 425 g/mol. The lowest BCUT2D eigenvalue weighted by Gasteiger charge is -2.12. The Morgan fingerprint density at radius 2 is 2.03 bits per heavy atom. The molecule has 13 heteroatoms. The van der Waals surface area contributed by atoms with Crippen molar-refractivity contribution in [1.82, 2.24) is 4.57 Å². The van der Waals surface area contributed by atoms with E-state index in [1.165, 1.54) is 14.0 Å². The molecular weight excluding hydrogens is 411 g/mol. The van der Waals surface area contributed by atoms with Crippen LogP contribution in [0.15, 0.2) is 33.2 Å². The van der Waals surface area contributed by atoms with Gasteiger partial charge in [-0.1, -0.05) is 0 Å². The van der Waals surface area contributed by atoms with Crippen molar-refractivity contribution < 1.29 is 27.9 Å². The Bertz CT molecular complexity index is 1120. The Balaban J connectivity index is 2.61. The van der Waals surface area contributed by atoms with E-state index >= 15 is 0 Å². The molecule has 0 saturated carbocycles. The van der Waals surface area contributed by atoms with Crippen LogP contribution >= 0.6 is 0 Å². The number of ether oxygens (including phenoxy) is 1. The van der Waals surface area contributed by atoms with Crippen molar-refractivity contribution in [3.63, 3.8) is 0 Å². The molecule has 0 atom stereocenters. The fraction of sp³-hybridized carbons (Fsp3) is 0.294. The average molecular weight is 425 g/mol. The van der Waals surface area contributed by atoms with E-state index in [0.717, 1.165) is 10.6 Å². The largest absolute Gasteiger partial charge is 0.493 e. The molecule has 0 radical (unpaired) electrons. The van der Waals surface area contributed by atoms with Crippen LogP contribution in [0.1, 0.15) is 16.7 Å². The summed E-state index contributed by atoms with van der Waals surface area (Å²) >= 11 is 0. The summed E-state index contributed by atoms with van der Waals surface area (Å²) in [6.45, 7) is 1.22. The summed E-state index contributed by atoms with van der Waals surface area (Å²) in [5.74, 6) is -0.606. The third kappa shape index (κ3) is 4.44. The van der Waals surface area contributed by atoms with Crippen LogP contribution in [0.25, 0.3) is 0 Å². The molecule has 1 aromatic carbocycles. The minimum atomic E-state index is -5.01. The lowest BCUT2D eigenvalue weighted by atomic mass is 10.1. The van der Waals surface area contributed by atoms with Crippen LogP contribution in [-0.4, -0.2) is 28.3 Å². The Kier molecular flexibility index (Phi) is 6.53. The molecule has 10 nitrogen and oxygen atoms in total. The number of alkyl halides is 3. The van der Waals surface area contributed by atoms with E-state index in [1.807, 2.05) is 0 Å². The first-order valence-corrected chi connectivity index (χ1v) is 8.15. The minimum absolute atomic E-state index is 0.0231. The summed E-state index contributed by atoms with van der Waals surface area (Å²) in [5.41, 5.74) is -4.61. The third-order valence-corrected chi connectivity index (χ3v) is 4.04. The number of aromatic hydroxyl groups is 1. The first-order valence-electron chi connectivity index (χ1n) is 8.15. The molecule has 30 heavy (non-hydrogen) atoms. The topological polar surface area (TPSA) is 143 Å². The number of benzene rings is 1. The first kappa shape index (κ1) is 22.5. The van der Waals surface area contributed by atoms with Gasteiger partial charge in [-0.15, -0.1) is 5.11 Å². The second kappa shape index (κ2) is 8.70. The average Bonchev–Trinajstić information content (AvgIpc) is 2.67. The van der Waals surface area contributed by atoms with Gasteiger partial charge in [0, 0.05) is 18.7 Å². The Labute approximate surface area is 166 Å². The Morgan fingerprint density at radius 3 is 2.57 bits per heavy atom. The molecule has 1 heterocycles. The maximum Gasteiger partial charge on any atom is 0.423 e. The molecular formula is C17H14F3N5O5. The van der Waals surface area contributed by atoms with Gasteiger partial charge in [-0.05, 0) is 19.1 Å². The van der Waals surface area contributed by atoms with Gasteiger partial charge in [0.25, 0.3) is 11.2 Å². The fourth-order valence-electron chi connectivity index (χ4n) is 2.53. The molecule has 0 aliphatic heterocycles. The highest BCUT2D eigenvalue weighted by Crippen LogP contribution is 2.38. The predicted octanol–water partition coefficient (Wildman–Crippen LogP) is 3.72. The number of nitro benzene ring substituents is 1. The number of hydrogen-bond donors (Lipinski definition) is 1. The van der Waals surface area contributed by atoms with Gasteiger partial charge < -0.3 is 9.84 Å². The van der Waals surface area contributed by atoms with Crippen molar-refractivity contribution in [1.29, 1.82) is 5.26 Å². The highest BCUT2D eigenvalue weighted by molar-refractivity contribution is 5.57. The van der Waals surface area contributed by atoms with Crippen molar-refractivity contribution in [2.75, 3.05) is 13.7 Å². The Hall–Kier alpha value is -3.79. The number of aromatic nitrogens is 1. The van der Waals surface area contributed by atoms with E-state index in [1.54, 1.807) is 6.07 Å². The molecule has 0 spiro atoms. The summed E-state index contributed by atoms with van der Waals surface area (Å²) in [4.78, 5) is 22.2. The zero-order valence-electron chi connectivity index (χ0n) is 15.6. The number of rotatable bonds is 6. The van der Waals surface area contributed by atoms with Gasteiger partial charge in [0.05, 0.1) is 23.8 Å². The normalized spacial score (nSPS) is 11.6. The molecule has 0 aliphatic rings. The van der Waals surface area contributed by atoms with E-state index < -0.39 is 39.5 Å². The SMILES string of the molecule is COCCn1c(O)c(C#N)c(C)c(N=Nc2ccc([N+](=O)[O-])c(C(F)(F)F)c2)c1=O. The summed E-state index contributed by atoms with van der Waals surface area (Å²) in [6.07, 6.45) is -5.01. The van der Waals surface area contributed by atoms with Crippen LogP contribution in [0.4, 0.5) is 30.2 Å². The van der Waals surface area contributed by atoms with Crippen LogP contribution in [0.2, 0.25) is 0 Å². The smallest absolute Gasteiger partial charge is 0.423 e. The number of halogens is 3. The molecule has 1 N–H and O–H groups in total. The van der Waals surface area contributed by atoms with Gasteiger partial charge in [-0.3, -0.25) is 19.5 Å². The molecule has 2 rings (SSSR count). The Morgan fingerprint density at radius 1 is 1.37 bits per heavy atom. The zero-order valence-corrected chi connectivity index (χ0v) is 15.6. The number of nitriles is 1. The maximum absolute atomic E-state index is 13.1. The number of azo groups is 1. The minimum Gasteiger partial charge on any atom is -0.493 e. The highest BCUT2D eigenvalue weighted by atomic mass is 19.4. The molecule has 1 aromatic heterocycles. The van der Waals surface area contributed by atoms with Crippen LogP contribution < -0.4 is 5.56 Å². The standard InChI is InChI=1S/C17H14F3N5O5/c1-9-11(8-21)15(26)24(5-6-30-2)16(27)14(9)23-22-10-3-4-13(25(28)29)12(7-10)17(18,19)20/h3-4,7,26H,5-6H2,1-2H3. The number of hydrogen-bond acceptors (Lipinski definition) is 8. The van der Waals surface area contributed by atoms with Crippen molar-refractivity contribution in [3.05, 3.63) is 55.4 Å². The second-order valence-corrected chi connectivity index (χ2v) is 5.89. The van der Waals surface area contributed by atoms with Crippen LogP contribution in [-0.2, 0) is 17.5 Å². The lowest BCUT2D eigenvalue weighted by molar-refractivity contribution is -0.388. The van der Waals surface area contributed by atoms with E-state index in [2.05, 4.69) is 10.2 Å². The molecule has 0 fully saturated rings. The molecule has 0 aliphatic carbocycles. The van der Waals surface area contributed by atoms with Crippen LogP contribution in [0.3, 0.4) is 0 Å². The molecule has 158 valence electrons. The first-order chi connectivity index (χ1) is 14.0. The van der Waals surface area contributed by atoms with Gasteiger partial charge in [0.15, 0.2) is 5.69 Å². The second-order valence-electron chi connectivity index (χ2n) is 5.89. The summed E-state index contributed by atoms with van der Waals surface area (Å²) < 4.78 is 44.9. The van der Waals surface area contributed by atoms with Crippen molar-refractivity contribution in [2.24, 2.45) is 10.2 Å². The molecule has 2 aromatic rings. The van der Waals surface area contributed by atoms with E-state index in [-0.39, 0.29) is 30.0 Å². The van der Waals surface area contributed by atoms with Crippen molar-refractivity contribution in [2.45, 2.75) is 19.6 Å². The zero-order chi connectivity index (χ0) is 22.6. The third-order valence-electron chi connectivity index (χ3n) is 4.04. The fourth-order valence-corrected chi connectivity index (χ4v) is 2.53. The number of methoxy groups -OCH3 is 1. The van der Waals surface area contributed by atoms with Crippen molar-refractivity contribution in [3.8, 4) is 11.9 Å². The van der Waals surface area contributed by atoms with Crippen LogP contribution in [0.5, 0.6) is 5.88 Å². The van der Waals surface area contributed by atoms with Gasteiger partial charge in [-0.2, -0.15) is 23.5 Å². The van der Waals surface area contributed by atoms with Gasteiger partial charge >= 0.3 is 6.18 Å². The van der Waals surface area contributed by atoms with Gasteiger partial charge in [0.2, 0.25) is 5.88 Å². The van der Waals surface area contributed by atoms with Gasteiger partial charge in [-0.25, -0.2) is 0 Å². The number of nitrogens with zero attached hydrogens (tertiary/aromatic N) is 5. The summed E-state index contributed by atoms with van der Waals surface area (Å²) in [6, 6.07) is 3.70. The summed E-state index contributed by atoms with van der Waals surface area (Å²) in [5, 5.41) is 37.4. The molecule has 0 unspecified atom stereocenters. The number of nitro groups is 1. The molecule has 0 saturated heterocycles. The predicted molar refractivity (Wildman–Crippen MR) is 96.0 cm³/mol. The number of pyridine rings is 1. The molecule has 0 bridgehead atoms. The van der Waals surface area contributed by atoms with E-state index in [0.29, 0.717) is 12.1 Å². The van der Waals surface area contributed by atoms with E-state index in [9.17, 15) is 38.4 Å².